The molecule has 1 amide bonds. The number of amides is 1. The van der Waals surface area contributed by atoms with Gasteiger partial charge in [0.1, 0.15) is 11.7 Å². The Morgan fingerprint density at radius 2 is 2.12 bits per heavy atom. The maximum Gasteiger partial charge on any atom is 0.416 e. The minimum atomic E-state index is -4.47. The van der Waals surface area contributed by atoms with Crippen molar-refractivity contribution in [2.24, 2.45) is 0 Å². The fourth-order valence-corrected chi connectivity index (χ4v) is 3.49. The molecule has 1 unspecified atom stereocenters. The zero-order valence-corrected chi connectivity index (χ0v) is 13.9. The van der Waals surface area contributed by atoms with Crippen LogP contribution in [0, 0.1) is 0 Å². The molecule has 0 bridgehead atoms. The fourth-order valence-electron chi connectivity index (χ4n) is 2.39. The Morgan fingerprint density at radius 3 is 2.84 bits per heavy atom. The number of halogens is 3. The van der Waals surface area contributed by atoms with E-state index in [0.717, 1.165) is 30.1 Å². The van der Waals surface area contributed by atoms with Crippen LogP contribution in [-0.4, -0.2) is 28.5 Å². The molecule has 0 radical (unpaired) electrons. The minimum Gasteiger partial charge on any atom is -0.473 e. The lowest BCUT2D eigenvalue weighted by atomic mass is 10.2. The van der Waals surface area contributed by atoms with Gasteiger partial charge in [0, 0.05) is 17.6 Å². The molecule has 1 aliphatic heterocycles. The Balaban J connectivity index is 1.77. The number of anilines is 1. The van der Waals surface area contributed by atoms with Crippen LogP contribution in [0.1, 0.15) is 22.3 Å². The molecule has 132 valence electrons. The van der Waals surface area contributed by atoms with Crippen LogP contribution in [0.25, 0.3) is 0 Å². The Labute approximate surface area is 146 Å². The first-order valence-corrected chi connectivity index (χ1v) is 8.77. The Hall–Kier alpha value is -2.22. The summed E-state index contributed by atoms with van der Waals surface area (Å²) in [6.45, 7) is 0. The van der Waals surface area contributed by atoms with Crippen LogP contribution in [0.4, 0.5) is 18.9 Å². The predicted octanol–water partition coefficient (Wildman–Crippen LogP) is 4.24. The van der Waals surface area contributed by atoms with E-state index in [-0.39, 0.29) is 23.2 Å². The van der Waals surface area contributed by atoms with E-state index >= 15 is 0 Å². The Morgan fingerprint density at radius 1 is 1.28 bits per heavy atom. The summed E-state index contributed by atoms with van der Waals surface area (Å²) in [5.74, 6) is 1.45. The van der Waals surface area contributed by atoms with Crippen molar-refractivity contribution in [1.82, 2.24) is 4.98 Å². The Kier molecular flexibility index (Phi) is 5.17. The number of nitrogens with zero attached hydrogens (tertiary/aromatic N) is 1. The van der Waals surface area contributed by atoms with Gasteiger partial charge in [0.25, 0.3) is 5.91 Å². The normalized spacial score (nSPS) is 17.3. The molecule has 1 N–H and O–H groups in total. The van der Waals surface area contributed by atoms with Crippen molar-refractivity contribution in [2.45, 2.75) is 18.7 Å². The van der Waals surface area contributed by atoms with E-state index in [1.807, 2.05) is 0 Å². The fraction of sp³-hybridized carbons (Fsp3) is 0.294. The van der Waals surface area contributed by atoms with E-state index in [0.29, 0.717) is 0 Å². The van der Waals surface area contributed by atoms with Gasteiger partial charge < -0.3 is 10.1 Å². The molecule has 1 fully saturated rings. The SMILES string of the molecule is O=C(Nc1cccc(C(F)(F)F)c1)c1cccnc1OC1CCSC1. The first-order chi connectivity index (χ1) is 11.9. The van der Waals surface area contributed by atoms with Gasteiger partial charge in [-0.05, 0) is 42.5 Å². The highest BCUT2D eigenvalue weighted by Gasteiger charge is 2.30. The summed E-state index contributed by atoms with van der Waals surface area (Å²) in [6, 6.07) is 7.60. The van der Waals surface area contributed by atoms with Crippen molar-refractivity contribution < 1.29 is 22.7 Å². The van der Waals surface area contributed by atoms with Crippen LogP contribution >= 0.6 is 11.8 Å². The van der Waals surface area contributed by atoms with Crippen LogP contribution in [0.5, 0.6) is 5.88 Å². The number of carbonyl (C=O) groups is 1. The van der Waals surface area contributed by atoms with E-state index in [9.17, 15) is 18.0 Å². The third-order valence-electron chi connectivity index (χ3n) is 3.63. The highest BCUT2D eigenvalue weighted by molar-refractivity contribution is 7.99. The monoisotopic (exact) mass is 368 g/mol. The number of alkyl halides is 3. The lowest BCUT2D eigenvalue weighted by Gasteiger charge is -2.15. The highest BCUT2D eigenvalue weighted by atomic mass is 32.2. The van der Waals surface area contributed by atoms with E-state index in [1.165, 1.54) is 24.4 Å². The van der Waals surface area contributed by atoms with E-state index in [4.69, 9.17) is 4.74 Å². The van der Waals surface area contributed by atoms with Gasteiger partial charge in [0.15, 0.2) is 0 Å². The molecule has 2 heterocycles. The van der Waals surface area contributed by atoms with Crippen LogP contribution in [0.15, 0.2) is 42.6 Å². The second-order valence-electron chi connectivity index (χ2n) is 5.49. The molecule has 1 saturated heterocycles. The number of aromatic nitrogens is 1. The zero-order valence-electron chi connectivity index (χ0n) is 13.0. The van der Waals surface area contributed by atoms with Crippen molar-refractivity contribution in [3.8, 4) is 5.88 Å². The van der Waals surface area contributed by atoms with Gasteiger partial charge in [-0.15, -0.1) is 0 Å². The maximum atomic E-state index is 12.8. The molecule has 1 aliphatic rings. The van der Waals surface area contributed by atoms with Crippen LogP contribution in [-0.2, 0) is 6.18 Å². The molecule has 0 spiro atoms. The minimum absolute atomic E-state index is 0.0139. The summed E-state index contributed by atoms with van der Waals surface area (Å²) in [6.07, 6.45) is -2.10. The van der Waals surface area contributed by atoms with Crippen LogP contribution < -0.4 is 10.1 Å². The number of thioether (sulfide) groups is 1. The molecule has 1 aromatic heterocycles. The standard InChI is InChI=1S/C17H15F3N2O2S/c18-17(19,20)11-3-1-4-12(9-11)22-15(23)14-5-2-7-21-16(14)24-13-6-8-25-10-13/h1-5,7,9,13H,6,8,10H2,(H,22,23). The number of rotatable bonds is 4. The van der Waals surface area contributed by atoms with Crippen molar-refractivity contribution in [2.75, 3.05) is 16.8 Å². The average molecular weight is 368 g/mol. The molecule has 4 nitrogen and oxygen atoms in total. The largest absolute Gasteiger partial charge is 0.473 e. The lowest BCUT2D eigenvalue weighted by molar-refractivity contribution is -0.137. The third-order valence-corrected chi connectivity index (χ3v) is 4.76. The molecule has 0 saturated carbocycles. The molecule has 3 rings (SSSR count). The second-order valence-corrected chi connectivity index (χ2v) is 6.64. The summed E-state index contributed by atoms with van der Waals surface area (Å²) in [4.78, 5) is 16.5. The van der Waals surface area contributed by atoms with Gasteiger partial charge in [-0.3, -0.25) is 4.79 Å². The number of pyridine rings is 1. The number of carbonyl (C=O) groups excluding carboxylic acids is 1. The first kappa shape index (κ1) is 17.6. The molecular formula is C17H15F3N2O2S. The van der Waals surface area contributed by atoms with E-state index < -0.39 is 17.6 Å². The third kappa shape index (κ3) is 4.45. The van der Waals surface area contributed by atoms with E-state index in [2.05, 4.69) is 10.3 Å². The summed E-state index contributed by atoms with van der Waals surface area (Å²) in [5.41, 5.74) is -0.571. The summed E-state index contributed by atoms with van der Waals surface area (Å²) >= 11 is 1.76. The first-order valence-electron chi connectivity index (χ1n) is 7.61. The van der Waals surface area contributed by atoms with Gasteiger partial charge in [0.2, 0.25) is 5.88 Å². The molecular weight excluding hydrogens is 353 g/mol. The van der Waals surface area contributed by atoms with Gasteiger partial charge in [0.05, 0.1) is 5.56 Å². The molecule has 1 atom stereocenters. The van der Waals surface area contributed by atoms with Crippen molar-refractivity contribution in [3.05, 3.63) is 53.7 Å². The summed E-state index contributed by atoms with van der Waals surface area (Å²) in [5, 5.41) is 2.47. The Bertz CT molecular complexity index is 762. The number of hydrogen-bond acceptors (Lipinski definition) is 4. The second kappa shape index (κ2) is 7.35. The van der Waals surface area contributed by atoms with Gasteiger partial charge in [-0.2, -0.15) is 24.9 Å². The summed E-state index contributed by atoms with van der Waals surface area (Å²) < 4.78 is 44.1. The molecule has 1 aromatic carbocycles. The molecule has 0 aliphatic carbocycles. The van der Waals surface area contributed by atoms with Crippen molar-refractivity contribution in [1.29, 1.82) is 0 Å². The molecule has 2 aromatic rings. The van der Waals surface area contributed by atoms with E-state index in [1.54, 1.807) is 17.8 Å². The van der Waals surface area contributed by atoms with Crippen LogP contribution in [0.2, 0.25) is 0 Å². The molecule has 25 heavy (non-hydrogen) atoms. The summed E-state index contributed by atoms with van der Waals surface area (Å²) in [7, 11) is 0. The predicted molar refractivity (Wildman–Crippen MR) is 90.0 cm³/mol. The van der Waals surface area contributed by atoms with Gasteiger partial charge in [-0.1, -0.05) is 6.07 Å². The van der Waals surface area contributed by atoms with Crippen LogP contribution in [0.3, 0.4) is 0 Å². The quantitative estimate of drug-likeness (QED) is 0.877. The number of ether oxygens (including phenoxy) is 1. The van der Waals surface area contributed by atoms with Gasteiger partial charge >= 0.3 is 6.18 Å². The number of hydrogen-bond donors (Lipinski definition) is 1. The van der Waals surface area contributed by atoms with Crippen molar-refractivity contribution in [3.63, 3.8) is 0 Å². The number of benzene rings is 1. The number of nitrogens with one attached hydrogen (secondary N) is 1. The highest BCUT2D eigenvalue weighted by Crippen LogP contribution is 2.31. The zero-order chi connectivity index (χ0) is 17.9. The topological polar surface area (TPSA) is 51.2 Å². The smallest absolute Gasteiger partial charge is 0.416 e. The maximum absolute atomic E-state index is 12.8. The lowest BCUT2D eigenvalue weighted by Crippen LogP contribution is -2.20. The molecule has 8 heteroatoms. The van der Waals surface area contributed by atoms with Gasteiger partial charge in [-0.25, -0.2) is 4.98 Å². The average Bonchev–Trinajstić information content (AvgIpc) is 3.08. The van der Waals surface area contributed by atoms with Crippen molar-refractivity contribution >= 4 is 23.4 Å².